The molecule has 0 heterocycles. The SMILES string of the molecule is CCNC(=S)NNC(=O)[C@H](C)Oc1cccc(OC)c1. The highest BCUT2D eigenvalue weighted by Gasteiger charge is 2.14. The Bertz CT molecular complexity index is 468. The Balaban J connectivity index is 2.46. The van der Waals surface area contributed by atoms with Crippen LogP contribution >= 0.6 is 12.2 Å². The maximum atomic E-state index is 11.8. The van der Waals surface area contributed by atoms with Crippen LogP contribution in [0.25, 0.3) is 0 Å². The summed E-state index contributed by atoms with van der Waals surface area (Å²) in [5.74, 6) is 0.899. The van der Waals surface area contributed by atoms with Gasteiger partial charge in [0.05, 0.1) is 7.11 Å². The third-order valence-electron chi connectivity index (χ3n) is 2.36. The van der Waals surface area contributed by atoms with Gasteiger partial charge >= 0.3 is 0 Å². The molecule has 20 heavy (non-hydrogen) atoms. The van der Waals surface area contributed by atoms with Crippen molar-refractivity contribution in [3.63, 3.8) is 0 Å². The molecule has 0 aliphatic rings. The van der Waals surface area contributed by atoms with Crippen molar-refractivity contribution in [2.75, 3.05) is 13.7 Å². The Kier molecular flexibility index (Phi) is 6.58. The molecule has 0 unspecified atom stereocenters. The third-order valence-corrected chi connectivity index (χ3v) is 2.61. The number of benzene rings is 1. The molecule has 0 bridgehead atoms. The Morgan fingerprint density at radius 3 is 2.70 bits per heavy atom. The molecule has 1 aromatic rings. The average molecular weight is 297 g/mol. The summed E-state index contributed by atoms with van der Waals surface area (Å²) < 4.78 is 10.6. The van der Waals surface area contributed by atoms with Crippen molar-refractivity contribution in [1.29, 1.82) is 0 Å². The number of carbonyl (C=O) groups is 1. The van der Waals surface area contributed by atoms with Crippen LogP contribution in [0, 0.1) is 0 Å². The molecule has 0 saturated carbocycles. The molecule has 6 nitrogen and oxygen atoms in total. The highest BCUT2D eigenvalue weighted by molar-refractivity contribution is 7.80. The summed E-state index contributed by atoms with van der Waals surface area (Å²) in [5.41, 5.74) is 5.06. The quantitative estimate of drug-likeness (QED) is 0.556. The lowest BCUT2D eigenvalue weighted by Crippen LogP contribution is -2.50. The smallest absolute Gasteiger partial charge is 0.279 e. The summed E-state index contributed by atoms with van der Waals surface area (Å²) in [6, 6.07) is 7.05. The van der Waals surface area contributed by atoms with Crippen LogP contribution in [0.15, 0.2) is 24.3 Å². The summed E-state index contributed by atoms with van der Waals surface area (Å²) in [4.78, 5) is 11.8. The largest absolute Gasteiger partial charge is 0.497 e. The van der Waals surface area contributed by atoms with Crippen LogP contribution in [-0.2, 0) is 4.79 Å². The van der Waals surface area contributed by atoms with Crippen molar-refractivity contribution in [1.82, 2.24) is 16.2 Å². The molecule has 1 aromatic carbocycles. The fourth-order valence-electron chi connectivity index (χ4n) is 1.36. The molecule has 0 aliphatic heterocycles. The molecule has 0 saturated heterocycles. The standard InChI is InChI=1S/C13H19N3O3S/c1-4-14-13(20)16-15-12(17)9(2)19-11-7-5-6-10(8-11)18-3/h5-9H,4H2,1-3H3,(H,15,17)(H2,14,16,20)/t9-/m0/s1. The fourth-order valence-corrected chi connectivity index (χ4v) is 1.55. The van der Waals surface area contributed by atoms with E-state index < -0.39 is 6.10 Å². The van der Waals surface area contributed by atoms with Crippen LogP contribution in [-0.4, -0.2) is 30.8 Å². The van der Waals surface area contributed by atoms with Crippen LogP contribution in [0.1, 0.15) is 13.8 Å². The number of amides is 1. The maximum Gasteiger partial charge on any atom is 0.279 e. The zero-order valence-electron chi connectivity index (χ0n) is 11.7. The number of methoxy groups -OCH3 is 1. The number of hydrazine groups is 1. The average Bonchev–Trinajstić information content (AvgIpc) is 2.45. The van der Waals surface area contributed by atoms with Crippen LogP contribution in [0.5, 0.6) is 11.5 Å². The summed E-state index contributed by atoms with van der Waals surface area (Å²) >= 11 is 4.93. The van der Waals surface area contributed by atoms with Gasteiger partial charge < -0.3 is 14.8 Å². The minimum atomic E-state index is -0.668. The second kappa shape index (κ2) is 8.21. The van der Waals surface area contributed by atoms with Gasteiger partial charge in [-0.2, -0.15) is 0 Å². The predicted octanol–water partition coefficient (Wildman–Crippen LogP) is 0.978. The summed E-state index contributed by atoms with van der Waals surface area (Å²) in [6.07, 6.45) is -0.668. The van der Waals surface area contributed by atoms with Gasteiger partial charge in [-0.1, -0.05) is 6.07 Å². The zero-order chi connectivity index (χ0) is 15.0. The zero-order valence-corrected chi connectivity index (χ0v) is 12.5. The number of ether oxygens (including phenoxy) is 2. The lowest BCUT2D eigenvalue weighted by atomic mass is 10.3. The summed E-state index contributed by atoms with van der Waals surface area (Å²) in [6.45, 7) is 4.23. The Labute approximate surface area is 123 Å². The lowest BCUT2D eigenvalue weighted by Gasteiger charge is -2.16. The number of rotatable bonds is 5. The third kappa shape index (κ3) is 5.31. The molecule has 0 fully saturated rings. The van der Waals surface area contributed by atoms with E-state index in [1.54, 1.807) is 38.3 Å². The van der Waals surface area contributed by atoms with Crippen LogP contribution < -0.4 is 25.6 Å². The van der Waals surface area contributed by atoms with E-state index in [-0.39, 0.29) is 5.91 Å². The van der Waals surface area contributed by atoms with E-state index in [0.717, 1.165) is 0 Å². The normalized spacial score (nSPS) is 11.2. The van der Waals surface area contributed by atoms with Gasteiger partial charge in [-0.25, -0.2) is 0 Å². The second-order valence-corrected chi connectivity index (χ2v) is 4.32. The van der Waals surface area contributed by atoms with Crippen molar-refractivity contribution in [2.45, 2.75) is 20.0 Å². The molecular formula is C13H19N3O3S. The number of hydrogen-bond acceptors (Lipinski definition) is 4. The van der Waals surface area contributed by atoms with Gasteiger partial charge in [-0.15, -0.1) is 0 Å². The van der Waals surface area contributed by atoms with Crippen molar-refractivity contribution in [2.24, 2.45) is 0 Å². The van der Waals surface area contributed by atoms with E-state index in [1.165, 1.54) is 0 Å². The number of nitrogens with one attached hydrogen (secondary N) is 3. The Hall–Kier alpha value is -2.02. The minimum absolute atomic E-state index is 0.326. The van der Waals surface area contributed by atoms with E-state index in [0.29, 0.717) is 23.2 Å². The van der Waals surface area contributed by atoms with E-state index in [4.69, 9.17) is 21.7 Å². The van der Waals surface area contributed by atoms with Gasteiger partial charge in [0.25, 0.3) is 5.91 Å². The first-order valence-corrected chi connectivity index (χ1v) is 6.62. The molecule has 1 atom stereocenters. The molecule has 1 rings (SSSR count). The number of hydrogen-bond donors (Lipinski definition) is 3. The van der Waals surface area contributed by atoms with E-state index >= 15 is 0 Å². The highest BCUT2D eigenvalue weighted by Crippen LogP contribution is 2.19. The predicted molar refractivity (Wildman–Crippen MR) is 80.6 cm³/mol. The van der Waals surface area contributed by atoms with E-state index in [1.807, 2.05) is 6.92 Å². The van der Waals surface area contributed by atoms with Crippen LogP contribution in [0.2, 0.25) is 0 Å². The second-order valence-electron chi connectivity index (χ2n) is 3.91. The van der Waals surface area contributed by atoms with E-state index in [2.05, 4.69) is 16.2 Å². The first-order valence-electron chi connectivity index (χ1n) is 6.21. The lowest BCUT2D eigenvalue weighted by molar-refractivity contribution is -0.127. The minimum Gasteiger partial charge on any atom is -0.497 e. The van der Waals surface area contributed by atoms with E-state index in [9.17, 15) is 4.79 Å². The Morgan fingerprint density at radius 1 is 1.35 bits per heavy atom. The van der Waals surface area contributed by atoms with Gasteiger partial charge in [-0.05, 0) is 38.2 Å². The molecule has 3 N–H and O–H groups in total. The topological polar surface area (TPSA) is 71.6 Å². The molecule has 0 aromatic heterocycles. The molecule has 110 valence electrons. The summed E-state index contributed by atoms with van der Waals surface area (Å²) in [5, 5.41) is 3.21. The van der Waals surface area contributed by atoms with Gasteiger partial charge in [0.1, 0.15) is 11.5 Å². The molecule has 0 radical (unpaired) electrons. The number of thiocarbonyl (C=S) groups is 1. The summed E-state index contributed by atoms with van der Waals surface area (Å²) in [7, 11) is 1.57. The van der Waals surface area contributed by atoms with Gasteiger partial charge in [0, 0.05) is 12.6 Å². The number of carbonyl (C=O) groups excluding carboxylic acids is 1. The van der Waals surface area contributed by atoms with Gasteiger partial charge in [-0.3, -0.25) is 15.6 Å². The molecule has 1 amide bonds. The van der Waals surface area contributed by atoms with Crippen molar-refractivity contribution < 1.29 is 14.3 Å². The van der Waals surface area contributed by atoms with Gasteiger partial charge in [0.15, 0.2) is 11.2 Å². The highest BCUT2D eigenvalue weighted by atomic mass is 32.1. The first kappa shape index (κ1) is 16.0. The maximum absolute atomic E-state index is 11.8. The monoisotopic (exact) mass is 297 g/mol. The van der Waals surface area contributed by atoms with Crippen molar-refractivity contribution >= 4 is 23.2 Å². The van der Waals surface area contributed by atoms with Crippen LogP contribution in [0.3, 0.4) is 0 Å². The van der Waals surface area contributed by atoms with Crippen molar-refractivity contribution in [3.8, 4) is 11.5 Å². The molecule has 0 aliphatic carbocycles. The first-order chi connectivity index (χ1) is 9.56. The van der Waals surface area contributed by atoms with Gasteiger partial charge in [0.2, 0.25) is 0 Å². The molecule has 0 spiro atoms. The van der Waals surface area contributed by atoms with Crippen molar-refractivity contribution in [3.05, 3.63) is 24.3 Å². The molecule has 7 heteroatoms. The van der Waals surface area contributed by atoms with Crippen LogP contribution in [0.4, 0.5) is 0 Å². The molecular weight excluding hydrogens is 278 g/mol. The Morgan fingerprint density at radius 2 is 2.05 bits per heavy atom. The fraction of sp³-hybridized carbons (Fsp3) is 0.385.